The molecule has 0 atom stereocenters. The van der Waals surface area contributed by atoms with Crippen LogP contribution < -0.4 is 11.1 Å². The van der Waals surface area contributed by atoms with E-state index in [1.165, 1.54) is 0 Å². The second-order valence-corrected chi connectivity index (χ2v) is 4.85. The molecule has 13 heavy (non-hydrogen) atoms. The molecule has 0 bridgehead atoms. The number of carbonyl (C=O) groups is 1. The Morgan fingerprint density at radius 1 is 1.38 bits per heavy atom. The third-order valence-corrected chi connectivity index (χ3v) is 3.34. The first kappa shape index (κ1) is 10.5. The van der Waals surface area contributed by atoms with Crippen molar-refractivity contribution in [3.05, 3.63) is 5.75 Å². The SMILES string of the molecule is NC(=O)S(=O)(=O)[CH]C1CCNCC1. The molecule has 75 valence electrons. The first-order valence-corrected chi connectivity index (χ1v) is 5.67. The Bertz CT molecular complexity index is 280. The molecule has 1 heterocycles. The maximum absolute atomic E-state index is 11.0. The smallest absolute Gasteiger partial charge is 0.334 e. The normalized spacial score (nSPS) is 20.0. The highest BCUT2D eigenvalue weighted by molar-refractivity contribution is 8.07. The van der Waals surface area contributed by atoms with E-state index >= 15 is 0 Å². The van der Waals surface area contributed by atoms with Crippen LogP contribution >= 0.6 is 0 Å². The minimum atomic E-state index is -3.81. The standard InChI is InChI=1S/C7H13N2O3S/c8-7(10)13(11,12)5-6-1-3-9-4-2-6/h5-6,9H,1-4H2,(H2,8,10). The molecule has 1 aliphatic rings. The second-order valence-electron chi connectivity index (χ2n) is 3.09. The van der Waals surface area contributed by atoms with Gasteiger partial charge in [0, 0.05) is 0 Å². The third kappa shape index (κ3) is 2.96. The van der Waals surface area contributed by atoms with Gasteiger partial charge in [0.25, 0.3) is 0 Å². The van der Waals surface area contributed by atoms with E-state index < -0.39 is 15.1 Å². The zero-order valence-corrected chi connectivity index (χ0v) is 8.01. The van der Waals surface area contributed by atoms with Gasteiger partial charge in [0.1, 0.15) is 0 Å². The van der Waals surface area contributed by atoms with E-state index in [-0.39, 0.29) is 5.92 Å². The molecule has 0 spiro atoms. The molecule has 3 N–H and O–H groups in total. The van der Waals surface area contributed by atoms with Crippen LogP contribution in [0.15, 0.2) is 0 Å². The van der Waals surface area contributed by atoms with Gasteiger partial charge in [-0.25, -0.2) is 8.42 Å². The van der Waals surface area contributed by atoms with Crippen molar-refractivity contribution in [2.45, 2.75) is 12.8 Å². The van der Waals surface area contributed by atoms with Crippen LogP contribution in [0.5, 0.6) is 0 Å². The van der Waals surface area contributed by atoms with E-state index in [4.69, 9.17) is 5.73 Å². The molecule has 0 aromatic carbocycles. The van der Waals surface area contributed by atoms with E-state index in [0.29, 0.717) is 0 Å². The van der Waals surface area contributed by atoms with E-state index in [2.05, 4.69) is 5.32 Å². The fraction of sp³-hybridized carbons (Fsp3) is 0.714. The average molecular weight is 205 g/mol. The molecular formula is C7H13N2O3S. The Kier molecular flexibility index (Phi) is 3.27. The van der Waals surface area contributed by atoms with Crippen LogP contribution in [0.4, 0.5) is 4.79 Å². The summed E-state index contributed by atoms with van der Waals surface area (Å²) in [7, 11) is -3.81. The zero-order chi connectivity index (χ0) is 9.90. The molecule has 0 unspecified atom stereocenters. The minimum Gasteiger partial charge on any atom is -0.356 e. The first-order chi connectivity index (χ1) is 6.02. The van der Waals surface area contributed by atoms with Crippen molar-refractivity contribution in [3.8, 4) is 0 Å². The van der Waals surface area contributed by atoms with Crippen LogP contribution in [0.2, 0.25) is 0 Å². The Morgan fingerprint density at radius 2 is 1.92 bits per heavy atom. The third-order valence-electron chi connectivity index (χ3n) is 2.04. The molecule has 1 saturated heterocycles. The zero-order valence-electron chi connectivity index (χ0n) is 7.19. The molecule has 1 radical (unpaired) electrons. The fourth-order valence-electron chi connectivity index (χ4n) is 1.30. The van der Waals surface area contributed by atoms with Crippen molar-refractivity contribution in [2.24, 2.45) is 11.7 Å². The van der Waals surface area contributed by atoms with E-state index in [1.807, 2.05) is 0 Å². The van der Waals surface area contributed by atoms with Gasteiger partial charge in [0.2, 0.25) is 9.84 Å². The largest absolute Gasteiger partial charge is 0.356 e. The van der Waals surface area contributed by atoms with Gasteiger partial charge in [0.05, 0.1) is 5.75 Å². The van der Waals surface area contributed by atoms with E-state index in [0.717, 1.165) is 31.7 Å². The Labute approximate surface area is 77.6 Å². The maximum Gasteiger partial charge on any atom is 0.334 e. The van der Waals surface area contributed by atoms with Crippen LogP contribution in [-0.2, 0) is 9.84 Å². The van der Waals surface area contributed by atoms with Gasteiger partial charge in [-0.2, -0.15) is 0 Å². The van der Waals surface area contributed by atoms with Crippen molar-refractivity contribution < 1.29 is 13.2 Å². The summed E-state index contributed by atoms with van der Waals surface area (Å²) in [5, 5.41) is 1.84. The molecule has 5 nitrogen and oxygen atoms in total. The predicted molar refractivity (Wildman–Crippen MR) is 48.4 cm³/mol. The average Bonchev–Trinajstić information content (AvgIpc) is 2.05. The van der Waals surface area contributed by atoms with Crippen molar-refractivity contribution in [2.75, 3.05) is 13.1 Å². The summed E-state index contributed by atoms with van der Waals surface area (Å²) in [6.07, 6.45) is 1.49. The van der Waals surface area contributed by atoms with Crippen molar-refractivity contribution in [1.29, 1.82) is 0 Å². The highest BCUT2D eigenvalue weighted by Crippen LogP contribution is 2.18. The Balaban J connectivity index is 2.52. The van der Waals surface area contributed by atoms with Gasteiger partial charge >= 0.3 is 5.24 Å². The number of rotatable bonds is 2. The molecule has 6 heteroatoms. The highest BCUT2D eigenvalue weighted by Gasteiger charge is 2.25. The summed E-state index contributed by atoms with van der Waals surface area (Å²) >= 11 is 0. The Morgan fingerprint density at radius 3 is 2.38 bits per heavy atom. The summed E-state index contributed by atoms with van der Waals surface area (Å²) in [5.74, 6) is 1.04. The van der Waals surface area contributed by atoms with Crippen LogP contribution in [-0.4, -0.2) is 26.7 Å². The summed E-state index contributed by atoms with van der Waals surface area (Å²) < 4.78 is 22.1. The quantitative estimate of drug-likeness (QED) is 0.644. The molecule has 1 rings (SSSR count). The van der Waals surface area contributed by atoms with Gasteiger partial charge in [-0.15, -0.1) is 0 Å². The lowest BCUT2D eigenvalue weighted by atomic mass is 10.0. The number of sulfone groups is 1. The molecule has 0 saturated carbocycles. The second kappa shape index (κ2) is 4.06. The summed E-state index contributed by atoms with van der Waals surface area (Å²) in [4.78, 5) is 10.5. The fourth-order valence-corrected chi connectivity index (χ4v) is 2.21. The van der Waals surface area contributed by atoms with E-state index in [1.54, 1.807) is 0 Å². The van der Waals surface area contributed by atoms with Crippen molar-refractivity contribution >= 4 is 15.1 Å². The summed E-state index contributed by atoms with van der Waals surface area (Å²) in [6, 6.07) is 0. The molecule has 0 aromatic rings. The lowest BCUT2D eigenvalue weighted by molar-refractivity contribution is 0.265. The maximum atomic E-state index is 11.0. The van der Waals surface area contributed by atoms with Gasteiger partial charge in [-0.1, -0.05) is 0 Å². The number of hydrogen-bond donors (Lipinski definition) is 2. The number of hydrogen-bond acceptors (Lipinski definition) is 4. The van der Waals surface area contributed by atoms with Crippen LogP contribution in [0.25, 0.3) is 0 Å². The molecular weight excluding hydrogens is 192 g/mol. The lowest BCUT2D eigenvalue weighted by Crippen LogP contribution is -2.31. The lowest BCUT2D eigenvalue weighted by Gasteiger charge is -2.20. The number of carbonyl (C=O) groups excluding carboxylic acids is 1. The number of nitrogens with one attached hydrogen (secondary N) is 1. The Hall–Kier alpha value is -0.620. The highest BCUT2D eigenvalue weighted by atomic mass is 32.2. The van der Waals surface area contributed by atoms with Crippen LogP contribution in [0.1, 0.15) is 12.8 Å². The minimum absolute atomic E-state index is 0.0428. The molecule has 1 aliphatic heterocycles. The first-order valence-electron chi connectivity index (χ1n) is 4.12. The van der Waals surface area contributed by atoms with Gasteiger partial charge in [-0.3, -0.25) is 4.79 Å². The van der Waals surface area contributed by atoms with Gasteiger partial charge in [-0.05, 0) is 31.8 Å². The molecule has 0 aromatic heterocycles. The monoisotopic (exact) mass is 205 g/mol. The summed E-state index contributed by atoms with van der Waals surface area (Å²) in [6.45, 7) is 1.57. The number of primary amides is 1. The topological polar surface area (TPSA) is 89.3 Å². The van der Waals surface area contributed by atoms with E-state index in [9.17, 15) is 13.2 Å². The van der Waals surface area contributed by atoms with Crippen molar-refractivity contribution in [3.63, 3.8) is 0 Å². The van der Waals surface area contributed by atoms with Gasteiger partial charge < -0.3 is 11.1 Å². The van der Waals surface area contributed by atoms with Crippen molar-refractivity contribution in [1.82, 2.24) is 5.32 Å². The number of nitrogens with two attached hydrogens (primary N) is 1. The van der Waals surface area contributed by atoms with Gasteiger partial charge in [0.15, 0.2) is 0 Å². The van der Waals surface area contributed by atoms with Crippen LogP contribution in [0.3, 0.4) is 0 Å². The number of piperidine rings is 1. The summed E-state index contributed by atoms with van der Waals surface area (Å²) in [5.41, 5.74) is 4.71. The molecule has 1 amide bonds. The molecule has 0 aliphatic carbocycles. The predicted octanol–water partition coefficient (Wildman–Crippen LogP) is -0.359. The number of amides is 1. The van der Waals surface area contributed by atoms with Crippen LogP contribution in [0, 0.1) is 11.7 Å². The molecule has 1 fully saturated rings.